The standard InChI is InChI=1S/C23H26BN2/c1-23(2,3)19-16-24(26(5)21-13-9-7-11-18(19)21)22-15-14-17-10-6-8-12-20(17)25(22)4/h6-16H,1-5H3/q+1. The fraction of sp³-hybridized carbons (Fsp3) is 0.261. The molecule has 0 radical (unpaired) electrons. The van der Waals surface area contributed by atoms with E-state index in [0.717, 1.165) is 0 Å². The monoisotopic (exact) mass is 341 g/mol. The summed E-state index contributed by atoms with van der Waals surface area (Å²) >= 11 is 0. The maximum absolute atomic E-state index is 2.45. The molecule has 0 saturated heterocycles. The number of benzene rings is 2. The Hall–Kier alpha value is -2.55. The minimum absolute atomic E-state index is 0.102. The van der Waals surface area contributed by atoms with Crippen molar-refractivity contribution in [3.8, 4) is 0 Å². The van der Waals surface area contributed by atoms with Gasteiger partial charge in [0.25, 0.3) is 0 Å². The first kappa shape index (κ1) is 16.9. The second kappa shape index (κ2) is 6.01. The van der Waals surface area contributed by atoms with Gasteiger partial charge in [-0.25, -0.2) is 4.57 Å². The van der Waals surface area contributed by atoms with Crippen LogP contribution >= 0.6 is 0 Å². The fourth-order valence-corrected chi connectivity index (χ4v) is 4.11. The van der Waals surface area contributed by atoms with Crippen LogP contribution in [0.15, 0.2) is 66.6 Å². The van der Waals surface area contributed by atoms with Gasteiger partial charge in [-0.15, -0.1) is 0 Å². The van der Waals surface area contributed by atoms with Gasteiger partial charge in [0.2, 0.25) is 5.52 Å². The third kappa shape index (κ3) is 2.63. The van der Waals surface area contributed by atoms with Crippen LogP contribution in [0.25, 0.3) is 16.5 Å². The fourth-order valence-electron chi connectivity index (χ4n) is 4.11. The van der Waals surface area contributed by atoms with E-state index in [1.54, 1.807) is 0 Å². The summed E-state index contributed by atoms with van der Waals surface area (Å²) in [6.45, 7) is 7.13. The van der Waals surface area contributed by atoms with Crippen LogP contribution in [0, 0.1) is 5.41 Å². The number of fused-ring (bicyclic) bond motifs is 2. The van der Waals surface area contributed by atoms with E-state index in [2.05, 4.69) is 111 Å². The molecule has 0 N–H and O–H groups in total. The number of anilines is 1. The van der Waals surface area contributed by atoms with E-state index in [1.165, 1.54) is 33.3 Å². The lowest BCUT2D eigenvalue weighted by Crippen LogP contribution is -2.61. The van der Waals surface area contributed by atoms with Crippen LogP contribution in [0.4, 0.5) is 5.69 Å². The topological polar surface area (TPSA) is 7.12 Å². The average Bonchev–Trinajstić information content (AvgIpc) is 2.62. The number of nitrogens with zero attached hydrogens (tertiary/aromatic N) is 2. The maximum atomic E-state index is 2.45. The lowest BCUT2D eigenvalue weighted by atomic mass is 9.52. The molecule has 130 valence electrons. The van der Waals surface area contributed by atoms with Crippen molar-refractivity contribution in [1.82, 2.24) is 0 Å². The Balaban J connectivity index is 1.94. The number of allylic oxidation sites excluding steroid dienone is 1. The molecule has 3 aromatic rings. The molecular weight excluding hydrogens is 315 g/mol. The van der Waals surface area contributed by atoms with E-state index in [-0.39, 0.29) is 12.3 Å². The highest BCUT2D eigenvalue weighted by Gasteiger charge is 2.37. The Morgan fingerprint density at radius 1 is 0.885 bits per heavy atom. The van der Waals surface area contributed by atoms with Crippen molar-refractivity contribution in [3.63, 3.8) is 0 Å². The van der Waals surface area contributed by atoms with Crippen molar-refractivity contribution in [2.45, 2.75) is 20.8 Å². The smallest absolute Gasteiger partial charge is 0.396 e. The van der Waals surface area contributed by atoms with Crippen molar-refractivity contribution in [1.29, 1.82) is 0 Å². The molecule has 0 spiro atoms. The highest BCUT2D eigenvalue weighted by atomic mass is 15.1. The van der Waals surface area contributed by atoms with Crippen LogP contribution in [0.1, 0.15) is 26.3 Å². The van der Waals surface area contributed by atoms with E-state index in [0.29, 0.717) is 0 Å². The second-order valence-electron chi connectivity index (χ2n) is 8.28. The van der Waals surface area contributed by atoms with Crippen LogP contribution in [0.3, 0.4) is 0 Å². The maximum Gasteiger partial charge on any atom is 0.396 e. The summed E-state index contributed by atoms with van der Waals surface area (Å²) in [5.41, 5.74) is 6.75. The molecule has 1 aliphatic heterocycles. The average molecular weight is 341 g/mol. The van der Waals surface area contributed by atoms with Gasteiger partial charge in [-0.1, -0.05) is 57.1 Å². The third-order valence-corrected chi connectivity index (χ3v) is 5.55. The van der Waals surface area contributed by atoms with E-state index in [4.69, 9.17) is 0 Å². The first-order valence-electron chi connectivity index (χ1n) is 9.30. The van der Waals surface area contributed by atoms with E-state index in [9.17, 15) is 0 Å². The van der Waals surface area contributed by atoms with Crippen LogP contribution in [0.5, 0.6) is 0 Å². The molecule has 0 atom stereocenters. The van der Waals surface area contributed by atoms with Crippen molar-refractivity contribution >= 4 is 34.6 Å². The first-order valence-corrected chi connectivity index (χ1v) is 9.30. The van der Waals surface area contributed by atoms with Gasteiger partial charge in [-0.3, -0.25) is 0 Å². The molecule has 4 rings (SSSR count). The quantitative estimate of drug-likeness (QED) is 0.480. The van der Waals surface area contributed by atoms with Crippen molar-refractivity contribution in [2.75, 3.05) is 11.9 Å². The molecule has 1 aromatic heterocycles. The number of rotatable bonds is 1. The van der Waals surface area contributed by atoms with Crippen molar-refractivity contribution < 1.29 is 4.57 Å². The van der Waals surface area contributed by atoms with Crippen molar-refractivity contribution in [3.05, 3.63) is 72.2 Å². The Morgan fingerprint density at radius 2 is 1.58 bits per heavy atom. The summed E-state index contributed by atoms with van der Waals surface area (Å²) in [5.74, 6) is 2.45. The number of aromatic nitrogens is 1. The minimum Gasteiger partial charge on any atom is -0.405 e. The zero-order chi connectivity index (χ0) is 18.5. The lowest BCUT2D eigenvalue weighted by Gasteiger charge is -2.36. The number of aryl methyl sites for hydroxylation is 1. The second-order valence-corrected chi connectivity index (χ2v) is 8.28. The molecule has 0 bridgehead atoms. The summed E-state index contributed by atoms with van der Waals surface area (Å²) in [4.78, 5) is 2.40. The van der Waals surface area contributed by atoms with Gasteiger partial charge < -0.3 is 4.81 Å². The van der Waals surface area contributed by atoms with Gasteiger partial charge in [0.1, 0.15) is 7.05 Å². The SMILES string of the molecule is CN1B(c2ccc3ccccc3[n+]2C)C=C(C(C)(C)C)c2ccccc21. The van der Waals surface area contributed by atoms with E-state index >= 15 is 0 Å². The number of para-hydroxylation sites is 2. The number of hydrogen-bond acceptors (Lipinski definition) is 1. The zero-order valence-electron chi connectivity index (χ0n) is 16.3. The van der Waals surface area contributed by atoms with Crippen LogP contribution in [-0.4, -0.2) is 13.9 Å². The predicted molar refractivity (Wildman–Crippen MR) is 113 cm³/mol. The molecule has 0 aliphatic carbocycles. The molecule has 1 aliphatic rings. The van der Waals surface area contributed by atoms with Gasteiger partial charge >= 0.3 is 6.85 Å². The molecule has 0 fully saturated rings. The normalized spacial score (nSPS) is 14.4. The van der Waals surface area contributed by atoms with Gasteiger partial charge in [0.05, 0.1) is 0 Å². The highest BCUT2D eigenvalue weighted by molar-refractivity contribution is 6.81. The largest absolute Gasteiger partial charge is 0.405 e. The van der Waals surface area contributed by atoms with Gasteiger partial charge in [-0.2, -0.15) is 0 Å². The van der Waals surface area contributed by atoms with Crippen LogP contribution in [-0.2, 0) is 7.05 Å². The van der Waals surface area contributed by atoms with Crippen LogP contribution < -0.4 is 15.0 Å². The number of pyridine rings is 1. The zero-order valence-corrected chi connectivity index (χ0v) is 16.3. The summed E-state index contributed by atoms with van der Waals surface area (Å²) in [5, 5.41) is 1.28. The van der Waals surface area contributed by atoms with Crippen molar-refractivity contribution in [2.24, 2.45) is 12.5 Å². The molecule has 0 saturated carbocycles. The summed E-state index contributed by atoms with van der Waals surface area (Å²) in [7, 11) is 4.38. The summed E-state index contributed by atoms with van der Waals surface area (Å²) < 4.78 is 2.33. The molecule has 0 amide bonds. The Kier molecular flexibility index (Phi) is 3.91. The molecule has 2 nitrogen and oxygen atoms in total. The third-order valence-electron chi connectivity index (χ3n) is 5.55. The minimum atomic E-state index is 0.102. The Morgan fingerprint density at radius 3 is 2.35 bits per heavy atom. The molecule has 2 aromatic carbocycles. The van der Waals surface area contributed by atoms with Gasteiger partial charge in [0, 0.05) is 17.1 Å². The first-order chi connectivity index (χ1) is 12.4. The lowest BCUT2D eigenvalue weighted by molar-refractivity contribution is -0.627. The predicted octanol–water partition coefficient (Wildman–Crippen LogP) is 3.98. The number of hydrogen-bond donors (Lipinski definition) is 0. The molecule has 26 heavy (non-hydrogen) atoms. The molecule has 3 heteroatoms. The summed E-state index contributed by atoms with van der Waals surface area (Å²) in [6, 6.07) is 21.9. The van der Waals surface area contributed by atoms with Gasteiger partial charge in [-0.05, 0) is 47.9 Å². The van der Waals surface area contributed by atoms with Gasteiger partial charge in [0.15, 0.2) is 5.59 Å². The molecule has 0 unspecified atom stereocenters. The Labute approximate surface area is 156 Å². The van der Waals surface area contributed by atoms with E-state index in [1.807, 2.05) is 0 Å². The summed E-state index contributed by atoms with van der Waals surface area (Å²) in [6.07, 6.45) is 0. The van der Waals surface area contributed by atoms with E-state index < -0.39 is 0 Å². The molecule has 2 heterocycles. The van der Waals surface area contributed by atoms with Crippen LogP contribution in [0.2, 0.25) is 0 Å². The highest BCUT2D eigenvalue weighted by Crippen LogP contribution is 2.41. The Bertz CT molecular complexity index is 1010. The molecular formula is C23H26BN2+.